The highest BCUT2D eigenvalue weighted by atomic mass is 16.6. The van der Waals surface area contributed by atoms with Crippen LogP contribution in [-0.2, 0) is 42.9 Å². The van der Waals surface area contributed by atoms with Crippen LogP contribution in [0.5, 0.6) is 0 Å². The van der Waals surface area contributed by atoms with E-state index in [0.29, 0.717) is 5.56 Å². The summed E-state index contributed by atoms with van der Waals surface area (Å²) in [4.78, 5) is 83.5. The number of hydrogen-bond acceptors (Lipinski definition) is 14. The molecular formula is C47H55NO16. The number of amides is 1. The molecule has 11 atom stereocenters. The lowest BCUT2D eigenvalue weighted by molar-refractivity contribution is -0.346. The van der Waals surface area contributed by atoms with Gasteiger partial charge in [-0.05, 0) is 54.8 Å². The normalized spacial score (nSPS) is 30.9. The number of Topliss-reactive ketones (excluding diaryl/α,β-unsaturated/α-hetero) is 1. The number of carbonyl (C=O) groups is 6. The molecule has 1 amide bonds. The molecule has 0 spiro atoms. The monoisotopic (exact) mass is 889 g/mol. The highest BCUT2D eigenvalue weighted by Crippen LogP contribution is 2.64. The molecule has 0 radical (unpaired) electrons. The van der Waals surface area contributed by atoms with Crippen molar-refractivity contribution < 1.29 is 78.7 Å². The lowest BCUT2D eigenvalue weighted by Crippen LogP contribution is -2.82. The molecule has 2 saturated carbocycles. The first-order chi connectivity index (χ1) is 29.3. The van der Waals surface area contributed by atoms with E-state index in [9.17, 15) is 39.3 Å². The van der Waals surface area contributed by atoms with Crippen LogP contribution in [0.3, 0.4) is 0 Å². The van der Waals surface area contributed by atoms with Crippen molar-refractivity contribution in [1.29, 1.82) is 0 Å². The second kappa shape index (κ2) is 18.3. The van der Waals surface area contributed by atoms with Crippen LogP contribution < -0.4 is 5.32 Å². The standard InChI is InChI=1S/C47H51NO14.2H2O/c1-25-31(60-43(56)36(52)35(28-16-10-7-11-17-28)48-41(54)29-18-12-8-13-19-29)23-47(57)40(61-42(55)30-20-14-9-15-21-30)38-45(6,32(51)22-33-46(38,24-58-33)62-27(3)50)39(53)37(59-26(2)49)34(25)44(47,4)5;;/h7-21,31-33,35-38,40,51-52,57H,22-24H2,1-6H3,(H,48,54);2*1H2/t31-,32-,33+,35-,36+,37+,38-,40-,45+,46-,47+;;/m0../s1. The average Bonchev–Trinajstić information content (AvgIpc) is 3.24. The molecule has 0 unspecified atom stereocenters. The van der Waals surface area contributed by atoms with Gasteiger partial charge in [-0.2, -0.15) is 0 Å². The van der Waals surface area contributed by atoms with Gasteiger partial charge in [0.15, 0.2) is 23.6 Å². The average molecular weight is 890 g/mol. The number of nitrogens with one attached hydrogen (secondary N) is 1. The van der Waals surface area contributed by atoms with Crippen LogP contribution in [0.4, 0.5) is 0 Å². The van der Waals surface area contributed by atoms with Crippen molar-refractivity contribution in [3.63, 3.8) is 0 Å². The Morgan fingerprint density at radius 1 is 0.812 bits per heavy atom. The van der Waals surface area contributed by atoms with Gasteiger partial charge in [-0.15, -0.1) is 0 Å². The molecule has 4 aliphatic rings. The topological polar surface area (TPSA) is 284 Å². The minimum absolute atomic E-state index is 0. The molecule has 1 saturated heterocycles. The third-order valence-corrected chi connectivity index (χ3v) is 13.5. The number of aliphatic hydroxyl groups is 3. The van der Waals surface area contributed by atoms with Gasteiger partial charge in [-0.1, -0.05) is 80.6 Å². The van der Waals surface area contributed by atoms with E-state index >= 15 is 4.79 Å². The maximum atomic E-state index is 15.5. The van der Waals surface area contributed by atoms with E-state index < -0.39 is 113 Å². The van der Waals surface area contributed by atoms with Crippen molar-refractivity contribution in [3.8, 4) is 0 Å². The molecule has 64 heavy (non-hydrogen) atoms. The molecule has 1 aliphatic heterocycles. The number of carbonyl (C=O) groups excluding carboxylic acids is 6. The third-order valence-electron chi connectivity index (χ3n) is 13.5. The molecule has 3 aromatic rings. The van der Waals surface area contributed by atoms with E-state index in [-0.39, 0.29) is 46.3 Å². The highest BCUT2D eigenvalue weighted by molar-refractivity contribution is 5.96. The van der Waals surface area contributed by atoms with Gasteiger partial charge in [-0.25, -0.2) is 9.59 Å². The van der Waals surface area contributed by atoms with Crippen LogP contribution in [0, 0.1) is 16.7 Å². The summed E-state index contributed by atoms with van der Waals surface area (Å²) >= 11 is 0. The van der Waals surface area contributed by atoms with E-state index in [2.05, 4.69) is 5.32 Å². The minimum Gasteiger partial charge on any atom is -0.456 e. The minimum atomic E-state index is -2.39. The third kappa shape index (κ3) is 8.12. The van der Waals surface area contributed by atoms with Crippen LogP contribution in [0.25, 0.3) is 0 Å². The number of fused-ring (bicyclic) bond motifs is 5. The molecule has 1 heterocycles. The molecule has 7 rings (SSSR count). The summed E-state index contributed by atoms with van der Waals surface area (Å²) in [6.45, 7) is 7.97. The first kappa shape index (κ1) is 49.2. The Morgan fingerprint density at radius 2 is 1.38 bits per heavy atom. The quantitative estimate of drug-likeness (QED) is 0.129. The molecular weight excluding hydrogens is 835 g/mol. The summed E-state index contributed by atoms with van der Waals surface area (Å²) in [5.41, 5.74) is -7.02. The molecule has 0 aromatic heterocycles. The van der Waals surface area contributed by atoms with E-state index in [4.69, 9.17) is 23.7 Å². The van der Waals surface area contributed by atoms with Gasteiger partial charge in [0.1, 0.15) is 23.9 Å². The number of benzene rings is 3. The summed E-state index contributed by atoms with van der Waals surface area (Å²) in [7, 11) is 0. The predicted molar refractivity (Wildman–Crippen MR) is 225 cm³/mol. The fourth-order valence-corrected chi connectivity index (χ4v) is 10.2. The van der Waals surface area contributed by atoms with E-state index in [1.54, 1.807) is 92.7 Å². The SMILES string of the molecule is CC(=O)O[C@H]1C(=O)[C@@]2(C)[C@H]([C@H](OC(=O)c3ccccc3)[C@]3(O)C[C@H](OC(=O)[C@H](O)[C@@H](NC(=O)c4ccccc4)c4ccccc4)C(C)=C1C3(C)C)[C@]1(OC(C)=O)CO[C@@H]1C[C@@H]2O.O.O. The van der Waals surface area contributed by atoms with Crippen LogP contribution >= 0.6 is 0 Å². The van der Waals surface area contributed by atoms with Crippen molar-refractivity contribution in [2.24, 2.45) is 16.7 Å². The summed E-state index contributed by atoms with van der Waals surface area (Å²) < 4.78 is 30.3. The Bertz CT molecular complexity index is 2280. The maximum absolute atomic E-state index is 15.5. The molecule has 344 valence electrons. The van der Waals surface area contributed by atoms with Gasteiger partial charge < -0.3 is 55.3 Å². The molecule has 3 fully saturated rings. The molecule has 8 N–H and O–H groups in total. The second-order valence-corrected chi connectivity index (χ2v) is 17.4. The Kier molecular flexibility index (Phi) is 14.1. The van der Waals surface area contributed by atoms with E-state index in [1.165, 1.54) is 26.0 Å². The lowest BCUT2D eigenvalue weighted by atomic mass is 9.44. The molecule has 3 aromatic carbocycles. The number of ketones is 1. The number of aliphatic hydroxyl groups excluding tert-OH is 2. The van der Waals surface area contributed by atoms with Crippen molar-refractivity contribution in [2.75, 3.05) is 6.61 Å². The summed E-state index contributed by atoms with van der Waals surface area (Å²) in [6.07, 6.45) is -10.5. The Hall–Kier alpha value is -5.82. The molecule has 17 nitrogen and oxygen atoms in total. The molecule has 17 heteroatoms. The molecule has 2 bridgehead atoms. The molecule has 3 aliphatic carbocycles. The lowest BCUT2D eigenvalue weighted by Gasteiger charge is -2.67. The maximum Gasteiger partial charge on any atom is 0.338 e. The van der Waals surface area contributed by atoms with E-state index in [0.717, 1.165) is 13.8 Å². The van der Waals surface area contributed by atoms with Crippen molar-refractivity contribution in [1.82, 2.24) is 5.32 Å². The van der Waals surface area contributed by atoms with Crippen molar-refractivity contribution in [3.05, 3.63) is 119 Å². The number of ether oxygens (including phenoxy) is 5. The van der Waals surface area contributed by atoms with Crippen LogP contribution in [-0.4, -0.2) is 116 Å². The Labute approximate surface area is 369 Å². The fourth-order valence-electron chi connectivity index (χ4n) is 10.2. The zero-order valence-electron chi connectivity index (χ0n) is 36.2. The van der Waals surface area contributed by atoms with Crippen molar-refractivity contribution in [2.45, 2.75) is 108 Å². The van der Waals surface area contributed by atoms with Gasteiger partial charge in [0, 0.05) is 37.7 Å². The van der Waals surface area contributed by atoms with Gasteiger partial charge in [0.2, 0.25) is 0 Å². The number of hydrogen-bond donors (Lipinski definition) is 4. The largest absolute Gasteiger partial charge is 0.456 e. The van der Waals surface area contributed by atoms with Gasteiger partial charge in [0.25, 0.3) is 5.91 Å². The zero-order chi connectivity index (χ0) is 44.9. The van der Waals surface area contributed by atoms with Crippen LogP contribution in [0.15, 0.2) is 102 Å². The highest BCUT2D eigenvalue weighted by Gasteiger charge is 2.78. The Morgan fingerprint density at radius 3 is 1.91 bits per heavy atom. The first-order valence-electron chi connectivity index (χ1n) is 20.5. The smallest absolute Gasteiger partial charge is 0.338 e. The van der Waals surface area contributed by atoms with Crippen LogP contribution in [0.1, 0.15) is 86.7 Å². The summed E-state index contributed by atoms with van der Waals surface area (Å²) in [5, 5.41) is 40.2. The second-order valence-electron chi connectivity index (χ2n) is 17.4. The van der Waals surface area contributed by atoms with Gasteiger partial charge in [0.05, 0.1) is 35.6 Å². The van der Waals surface area contributed by atoms with Gasteiger partial charge >= 0.3 is 23.9 Å². The predicted octanol–water partition coefficient (Wildman–Crippen LogP) is 2.09. The first-order valence-corrected chi connectivity index (χ1v) is 20.5. The van der Waals surface area contributed by atoms with Gasteiger partial charge in [-0.3, -0.25) is 19.2 Å². The van der Waals surface area contributed by atoms with Crippen LogP contribution in [0.2, 0.25) is 0 Å². The zero-order valence-corrected chi connectivity index (χ0v) is 36.2. The summed E-state index contributed by atoms with van der Waals surface area (Å²) in [5.74, 6) is -6.84. The van der Waals surface area contributed by atoms with E-state index in [1.807, 2.05) is 0 Å². The van der Waals surface area contributed by atoms with Crippen molar-refractivity contribution >= 4 is 35.6 Å². The number of rotatable bonds is 10. The number of esters is 4. The fraction of sp³-hybridized carbons (Fsp3) is 0.447. The summed E-state index contributed by atoms with van der Waals surface area (Å²) in [6, 6.07) is 22.9. The Balaban J connectivity index is 0.00000385.